The van der Waals surface area contributed by atoms with Gasteiger partial charge in [0.2, 0.25) is 0 Å². The molecule has 2 aromatic carbocycles. The molecular weight excluding hydrogens is 283 g/mol. The number of amides is 2. The topological polar surface area (TPSA) is 50.4 Å². The van der Waals surface area contributed by atoms with E-state index in [1.807, 2.05) is 24.3 Å². The lowest BCUT2D eigenvalue weighted by atomic mass is 10.1. The van der Waals surface area contributed by atoms with Gasteiger partial charge in [0, 0.05) is 18.7 Å². The molecule has 22 heavy (non-hydrogen) atoms. The number of para-hydroxylation sites is 1. The lowest BCUT2D eigenvalue weighted by molar-refractivity contribution is 0.240. The van der Waals surface area contributed by atoms with E-state index in [4.69, 9.17) is 4.74 Å². The summed E-state index contributed by atoms with van der Waals surface area (Å²) < 4.78 is 18.0. The number of ether oxygens (including phenoxy) is 1. The predicted octanol–water partition coefficient (Wildman–Crippen LogP) is 2.88. The van der Waals surface area contributed by atoms with Crippen LogP contribution in [0, 0.1) is 5.82 Å². The summed E-state index contributed by atoms with van der Waals surface area (Å²) in [6.07, 6.45) is 0.655. The Morgan fingerprint density at radius 2 is 1.82 bits per heavy atom. The van der Waals surface area contributed by atoms with Gasteiger partial charge in [0.15, 0.2) is 0 Å². The van der Waals surface area contributed by atoms with Crippen LogP contribution in [0.1, 0.15) is 11.1 Å². The van der Waals surface area contributed by atoms with E-state index in [0.29, 0.717) is 19.5 Å². The van der Waals surface area contributed by atoms with Crippen molar-refractivity contribution in [3.8, 4) is 5.75 Å². The van der Waals surface area contributed by atoms with Crippen molar-refractivity contribution in [3.05, 3.63) is 65.5 Å². The summed E-state index contributed by atoms with van der Waals surface area (Å²) in [6.45, 7) is 0.885. The van der Waals surface area contributed by atoms with Gasteiger partial charge in [-0.25, -0.2) is 9.18 Å². The van der Waals surface area contributed by atoms with Crippen molar-refractivity contribution in [3.63, 3.8) is 0 Å². The second-order valence-electron chi connectivity index (χ2n) is 4.80. The molecule has 0 aliphatic heterocycles. The Morgan fingerprint density at radius 1 is 1.09 bits per heavy atom. The summed E-state index contributed by atoms with van der Waals surface area (Å²) >= 11 is 0. The van der Waals surface area contributed by atoms with Crippen LogP contribution in [0.2, 0.25) is 0 Å². The summed E-state index contributed by atoms with van der Waals surface area (Å²) in [5, 5.41) is 5.55. The van der Waals surface area contributed by atoms with Gasteiger partial charge >= 0.3 is 6.03 Å². The van der Waals surface area contributed by atoms with Gasteiger partial charge in [0.1, 0.15) is 11.6 Å². The number of urea groups is 1. The molecule has 0 bridgehead atoms. The SMILES string of the molecule is COc1ccccc1CNC(=O)NCCc1ccc(F)cc1. The zero-order valence-electron chi connectivity index (χ0n) is 12.4. The Morgan fingerprint density at radius 3 is 2.55 bits per heavy atom. The molecule has 2 aromatic rings. The molecule has 0 aromatic heterocycles. The fraction of sp³-hybridized carbons (Fsp3) is 0.235. The van der Waals surface area contributed by atoms with Crippen molar-refractivity contribution >= 4 is 6.03 Å². The molecule has 0 aliphatic carbocycles. The Kier molecular flexibility index (Phi) is 5.77. The van der Waals surface area contributed by atoms with E-state index < -0.39 is 0 Å². The number of methoxy groups -OCH3 is 1. The first-order valence-electron chi connectivity index (χ1n) is 7.07. The van der Waals surface area contributed by atoms with Crippen LogP contribution >= 0.6 is 0 Å². The smallest absolute Gasteiger partial charge is 0.315 e. The molecule has 0 saturated heterocycles. The summed E-state index contributed by atoms with van der Waals surface area (Å²) in [6, 6.07) is 13.5. The van der Waals surface area contributed by atoms with Crippen LogP contribution in [-0.4, -0.2) is 19.7 Å². The Balaban J connectivity index is 1.73. The van der Waals surface area contributed by atoms with Crippen molar-refractivity contribution < 1.29 is 13.9 Å². The molecule has 116 valence electrons. The second kappa shape index (κ2) is 8.02. The van der Waals surface area contributed by atoms with Gasteiger partial charge in [0.25, 0.3) is 0 Å². The Hall–Kier alpha value is -2.56. The van der Waals surface area contributed by atoms with Crippen LogP contribution in [0.25, 0.3) is 0 Å². The fourth-order valence-electron chi connectivity index (χ4n) is 2.06. The van der Waals surface area contributed by atoms with Gasteiger partial charge < -0.3 is 15.4 Å². The lowest BCUT2D eigenvalue weighted by Crippen LogP contribution is -2.36. The number of hydrogen-bond donors (Lipinski definition) is 2. The van der Waals surface area contributed by atoms with E-state index in [1.54, 1.807) is 19.2 Å². The van der Waals surface area contributed by atoms with Crippen LogP contribution in [0.5, 0.6) is 5.75 Å². The third-order valence-corrected chi connectivity index (χ3v) is 3.24. The molecule has 0 radical (unpaired) electrons. The maximum absolute atomic E-state index is 12.8. The molecule has 0 atom stereocenters. The van der Waals surface area contributed by atoms with Crippen molar-refractivity contribution in [1.82, 2.24) is 10.6 Å². The van der Waals surface area contributed by atoms with Crippen molar-refractivity contribution in [2.24, 2.45) is 0 Å². The molecule has 0 unspecified atom stereocenters. The van der Waals surface area contributed by atoms with E-state index in [1.165, 1.54) is 12.1 Å². The average molecular weight is 302 g/mol. The Labute approximate surface area is 129 Å². The Bertz CT molecular complexity index is 614. The molecule has 2 amide bonds. The summed E-state index contributed by atoms with van der Waals surface area (Å²) in [5.41, 5.74) is 1.89. The highest BCUT2D eigenvalue weighted by atomic mass is 19.1. The highest BCUT2D eigenvalue weighted by Gasteiger charge is 2.04. The molecule has 2 N–H and O–H groups in total. The normalized spacial score (nSPS) is 10.1. The van der Waals surface area contributed by atoms with Crippen molar-refractivity contribution in [1.29, 1.82) is 0 Å². The number of carbonyl (C=O) groups is 1. The number of carbonyl (C=O) groups excluding carboxylic acids is 1. The third-order valence-electron chi connectivity index (χ3n) is 3.24. The standard InChI is InChI=1S/C17H19FN2O2/c1-22-16-5-3-2-4-14(16)12-20-17(21)19-11-10-13-6-8-15(18)9-7-13/h2-9H,10-12H2,1H3,(H2,19,20,21). The van der Waals surface area contributed by atoms with Gasteiger partial charge in [-0.1, -0.05) is 30.3 Å². The second-order valence-corrected chi connectivity index (χ2v) is 4.80. The molecule has 0 spiro atoms. The summed E-state index contributed by atoms with van der Waals surface area (Å²) in [5.74, 6) is 0.486. The molecule has 0 fully saturated rings. The summed E-state index contributed by atoms with van der Waals surface area (Å²) in [4.78, 5) is 11.7. The van der Waals surface area contributed by atoms with E-state index >= 15 is 0 Å². The van der Waals surface area contributed by atoms with E-state index in [0.717, 1.165) is 16.9 Å². The minimum atomic E-state index is -0.258. The molecule has 4 nitrogen and oxygen atoms in total. The monoisotopic (exact) mass is 302 g/mol. The number of nitrogens with one attached hydrogen (secondary N) is 2. The number of halogens is 1. The van der Waals surface area contributed by atoms with Crippen molar-refractivity contribution in [2.45, 2.75) is 13.0 Å². The number of hydrogen-bond acceptors (Lipinski definition) is 2. The quantitative estimate of drug-likeness (QED) is 0.862. The first-order valence-corrected chi connectivity index (χ1v) is 7.07. The van der Waals surface area contributed by atoms with Gasteiger partial charge in [0.05, 0.1) is 7.11 Å². The van der Waals surface area contributed by atoms with Crippen LogP contribution in [-0.2, 0) is 13.0 Å². The molecule has 0 aliphatic rings. The van der Waals surface area contributed by atoms with Gasteiger partial charge in [-0.3, -0.25) is 0 Å². The fourth-order valence-corrected chi connectivity index (χ4v) is 2.06. The van der Waals surface area contributed by atoms with Gasteiger partial charge in [-0.15, -0.1) is 0 Å². The van der Waals surface area contributed by atoms with Crippen LogP contribution in [0.4, 0.5) is 9.18 Å². The molecule has 0 saturated carbocycles. The van der Waals surface area contributed by atoms with Crippen LogP contribution in [0.3, 0.4) is 0 Å². The van der Waals surface area contributed by atoms with Crippen LogP contribution in [0.15, 0.2) is 48.5 Å². The predicted molar refractivity (Wildman–Crippen MR) is 83.3 cm³/mol. The van der Waals surface area contributed by atoms with Crippen LogP contribution < -0.4 is 15.4 Å². The van der Waals surface area contributed by atoms with E-state index in [-0.39, 0.29) is 11.8 Å². The molecule has 2 rings (SSSR count). The van der Waals surface area contributed by atoms with Gasteiger partial charge in [-0.2, -0.15) is 0 Å². The van der Waals surface area contributed by atoms with Crippen molar-refractivity contribution in [2.75, 3.05) is 13.7 Å². The number of rotatable bonds is 6. The summed E-state index contributed by atoms with van der Waals surface area (Å²) in [7, 11) is 1.60. The van der Waals surface area contributed by atoms with E-state index in [9.17, 15) is 9.18 Å². The average Bonchev–Trinajstić information content (AvgIpc) is 2.55. The zero-order valence-corrected chi connectivity index (χ0v) is 12.4. The highest BCUT2D eigenvalue weighted by molar-refractivity contribution is 5.73. The largest absolute Gasteiger partial charge is 0.496 e. The minimum Gasteiger partial charge on any atom is -0.496 e. The lowest BCUT2D eigenvalue weighted by Gasteiger charge is -2.10. The highest BCUT2D eigenvalue weighted by Crippen LogP contribution is 2.16. The maximum atomic E-state index is 12.8. The first kappa shape index (κ1) is 15.8. The maximum Gasteiger partial charge on any atom is 0.315 e. The number of benzene rings is 2. The molecular formula is C17H19FN2O2. The van der Waals surface area contributed by atoms with Gasteiger partial charge in [-0.05, 0) is 30.2 Å². The minimum absolute atomic E-state index is 0.243. The van der Waals surface area contributed by atoms with E-state index in [2.05, 4.69) is 10.6 Å². The third kappa shape index (κ3) is 4.77. The molecule has 5 heteroatoms. The molecule has 0 heterocycles. The zero-order chi connectivity index (χ0) is 15.8. The first-order chi connectivity index (χ1) is 10.7.